The van der Waals surface area contributed by atoms with Crippen LogP contribution in [-0.4, -0.2) is 12.5 Å². The Morgan fingerprint density at radius 1 is 1.47 bits per heavy atom. The van der Waals surface area contributed by atoms with Crippen LogP contribution in [-0.2, 0) is 0 Å². The van der Waals surface area contributed by atoms with Crippen molar-refractivity contribution in [3.05, 3.63) is 41.1 Å². The summed E-state index contributed by atoms with van der Waals surface area (Å²) in [6.07, 6.45) is 1.66. The Morgan fingerprint density at radius 2 is 2.13 bits per heavy atom. The van der Waals surface area contributed by atoms with Crippen molar-refractivity contribution in [1.82, 2.24) is 5.32 Å². The highest BCUT2D eigenvalue weighted by molar-refractivity contribution is 14.1. The molecule has 0 bridgehead atoms. The van der Waals surface area contributed by atoms with Gasteiger partial charge in [-0.25, -0.2) is 0 Å². The molecule has 15 heavy (non-hydrogen) atoms. The van der Waals surface area contributed by atoms with Crippen molar-refractivity contribution in [3.8, 4) is 0 Å². The van der Waals surface area contributed by atoms with Gasteiger partial charge in [0, 0.05) is 17.3 Å². The molecule has 0 heterocycles. The van der Waals surface area contributed by atoms with E-state index in [4.69, 9.17) is 0 Å². The van der Waals surface area contributed by atoms with Crippen LogP contribution < -0.4 is 5.32 Å². The first kappa shape index (κ1) is 13.7. The fourth-order valence-corrected chi connectivity index (χ4v) is 2.95. The summed E-state index contributed by atoms with van der Waals surface area (Å²) in [5.41, 5.74) is 0.599. The van der Waals surface area contributed by atoms with Gasteiger partial charge in [0.1, 0.15) is 0 Å². The molecule has 2 nitrogen and oxygen atoms in total. The van der Waals surface area contributed by atoms with Gasteiger partial charge < -0.3 is 5.32 Å². The van der Waals surface area contributed by atoms with Gasteiger partial charge in [0.15, 0.2) is 0 Å². The van der Waals surface area contributed by atoms with Crippen LogP contribution in [0.15, 0.2) is 18.7 Å². The van der Waals surface area contributed by atoms with Crippen molar-refractivity contribution < 1.29 is 4.79 Å². The smallest absolute Gasteiger partial charge is 0.253 e. The molecule has 1 rings (SSSR count). The predicted molar refractivity (Wildman–Crippen MR) is 86.0 cm³/mol. The molecule has 0 atom stereocenters. The van der Waals surface area contributed by atoms with Crippen molar-refractivity contribution >= 4 is 73.7 Å². The number of hydrogen-bond donors (Lipinski definition) is 1. The van der Waals surface area contributed by atoms with E-state index in [2.05, 4.69) is 85.7 Å². The lowest BCUT2D eigenvalue weighted by Crippen LogP contribution is -2.24. The standard InChI is InChI=1S/C10H7I3NO/c1-2-5-14-10(15)6-3-4-7(11)9(13)8(6)12/h2,4H,1,5H2,(H,14,15). The lowest BCUT2D eigenvalue weighted by Gasteiger charge is -2.07. The number of halogens is 3. The minimum absolute atomic E-state index is 0.103. The van der Waals surface area contributed by atoms with Crippen LogP contribution in [0.25, 0.3) is 0 Å². The summed E-state index contributed by atoms with van der Waals surface area (Å²) in [6.45, 7) is 4.03. The van der Waals surface area contributed by atoms with Crippen LogP contribution in [0, 0.1) is 16.8 Å². The maximum atomic E-state index is 11.7. The van der Waals surface area contributed by atoms with Crippen LogP contribution in [0.2, 0.25) is 0 Å². The fourth-order valence-electron chi connectivity index (χ4n) is 0.895. The van der Waals surface area contributed by atoms with E-state index in [-0.39, 0.29) is 5.91 Å². The minimum Gasteiger partial charge on any atom is -0.349 e. The molecule has 1 amide bonds. The van der Waals surface area contributed by atoms with Gasteiger partial charge in [-0.2, -0.15) is 0 Å². The third kappa shape index (κ3) is 3.55. The first-order chi connectivity index (χ1) is 7.07. The Kier molecular flexibility index (Phi) is 5.82. The molecule has 1 radical (unpaired) electrons. The van der Waals surface area contributed by atoms with Gasteiger partial charge in [-0.15, -0.1) is 6.58 Å². The first-order valence-electron chi connectivity index (χ1n) is 4.02. The van der Waals surface area contributed by atoms with E-state index in [1.54, 1.807) is 6.08 Å². The third-order valence-electron chi connectivity index (χ3n) is 1.60. The molecule has 79 valence electrons. The quantitative estimate of drug-likeness (QED) is 0.358. The Morgan fingerprint density at radius 3 is 2.73 bits per heavy atom. The number of carbonyl (C=O) groups is 1. The highest BCUT2D eigenvalue weighted by atomic mass is 127. The fraction of sp³-hybridized carbons (Fsp3) is 0.100. The number of carbonyl (C=O) groups excluding carboxylic acids is 1. The zero-order chi connectivity index (χ0) is 11.4. The maximum Gasteiger partial charge on any atom is 0.253 e. The lowest BCUT2D eigenvalue weighted by molar-refractivity contribution is 0.0956. The molecule has 1 aromatic carbocycles. The highest BCUT2D eigenvalue weighted by Crippen LogP contribution is 2.24. The molecular formula is C10H7I3NO. The zero-order valence-corrected chi connectivity index (χ0v) is 14.1. The molecular weight excluding hydrogens is 531 g/mol. The summed E-state index contributed by atoms with van der Waals surface area (Å²) in [6, 6.07) is 4.82. The molecule has 5 heteroatoms. The summed E-state index contributed by atoms with van der Waals surface area (Å²) in [7, 11) is 0. The number of benzene rings is 1. The molecule has 0 spiro atoms. The normalized spacial score (nSPS) is 9.80. The summed E-state index contributed by atoms with van der Waals surface area (Å²) in [5, 5.41) is 2.74. The summed E-state index contributed by atoms with van der Waals surface area (Å²) >= 11 is 6.63. The second-order valence-corrected chi connectivity index (χ2v) is 5.96. The largest absolute Gasteiger partial charge is 0.349 e. The number of amides is 1. The Hall–Kier alpha value is 0.620. The van der Waals surface area contributed by atoms with Crippen molar-refractivity contribution in [2.24, 2.45) is 0 Å². The van der Waals surface area contributed by atoms with E-state index in [0.29, 0.717) is 12.1 Å². The van der Waals surface area contributed by atoms with Crippen molar-refractivity contribution in [3.63, 3.8) is 0 Å². The maximum absolute atomic E-state index is 11.7. The van der Waals surface area contributed by atoms with Crippen LogP contribution in [0.5, 0.6) is 0 Å². The second-order valence-electron chi connectivity index (χ2n) is 2.64. The monoisotopic (exact) mass is 538 g/mol. The van der Waals surface area contributed by atoms with Gasteiger partial charge in [0.2, 0.25) is 0 Å². The van der Waals surface area contributed by atoms with E-state index >= 15 is 0 Å². The van der Waals surface area contributed by atoms with E-state index in [0.717, 1.165) is 10.7 Å². The van der Waals surface area contributed by atoms with Crippen molar-refractivity contribution in [2.75, 3.05) is 6.54 Å². The van der Waals surface area contributed by atoms with Crippen molar-refractivity contribution in [2.45, 2.75) is 0 Å². The number of hydrogen-bond acceptors (Lipinski definition) is 1. The molecule has 0 fully saturated rings. The van der Waals surface area contributed by atoms with Crippen LogP contribution in [0.3, 0.4) is 0 Å². The molecule has 1 N–H and O–H groups in total. The summed E-state index contributed by atoms with van der Waals surface area (Å²) < 4.78 is 3.15. The Bertz CT molecular complexity index is 404. The molecule has 0 aliphatic rings. The van der Waals surface area contributed by atoms with Crippen LogP contribution >= 0.6 is 67.8 Å². The van der Waals surface area contributed by atoms with Gasteiger partial charge in [-0.05, 0) is 79.9 Å². The zero-order valence-electron chi connectivity index (χ0n) is 7.61. The minimum atomic E-state index is -0.103. The molecule has 0 aliphatic carbocycles. The molecule has 0 saturated heterocycles. The first-order valence-corrected chi connectivity index (χ1v) is 7.25. The van der Waals surface area contributed by atoms with E-state index < -0.39 is 0 Å². The Labute approximate surface area is 130 Å². The molecule has 0 aromatic heterocycles. The Balaban J connectivity index is 3.00. The SMILES string of the molecule is C=CCNC(=O)c1[c]cc(I)c(I)c1I. The lowest BCUT2D eigenvalue weighted by atomic mass is 10.2. The van der Waals surface area contributed by atoms with Gasteiger partial charge in [-0.1, -0.05) is 6.08 Å². The second kappa shape index (κ2) is 6.38. The third-order valence-corrected chi connectivity index (χ3v) is 6.71. The number of nitrogens with one attached hydrogen (secondary N) is 1. The van der Waals surface area contributed by atoms with Gasteiger partial charge in [-0.3, -0.25) is 4.79 Å². The average Bonchev–Trinajstić information content (AvgIpc) is 2.23. The van der Waals surface area contributed by atoms with Gasteiger partial charge >= 0.3 is 0 Å². The van der Waals surface area contributed by atoms with E-state index in [9.17, 15) is 4.79 Å². The summed E-state index contributed by atoms with van der Waals surface area (Å²) in [4.78, 5) is 11.7. The predicted octanol–water partition coefficient (Wildman–Crippen LogP) is 3.22. The molecule has 0 aliphatic heterocycles. The highest BCUT2D eigenvalue weighted by Gasteiger charge is 2.13. The van der Waals surface area contributed by atoms with Crippen LogP contribution in [0.4, 0.5) is 0 Å². The number of rotatable bonds is 3. The molecule has 0 unspecified atom stereocenters. The average molecular weight is 538 g/mol. The van der Waals surface area contributed by atoms with Crippen LogP contribution in [0.1, 0.15) is 10.4 Å². The van der Waals surface area contributed by atoms with Gasteiger partial charge in [0.05, 0.1) is 5.56 Å². The molecule has 0 saturated carbocycles. The summed E-state index contributed by atoms with van der Waals surface area (Å²) in [5.74, 6) is -0.103. The van der Waals surface area contributed by atoms with E-state index in [1.165, 1.54) is 0 Å². The molecule has 1 aromatic rings. The van der Waals surface area contributed by atoms with E-state index in [1.807, 2.05) is 6.07 Å². The van der Waals surface area contributed by atoms with Crippen molar-refractivity contribution in [1.29, 1.82) is 0 Å². The van der Waals surface area contributed by atoms with Gasteiger partial charge in [0.25, 0.3) is 5.91 Å². The topological polar surface area (TPSA) is 29.1 Å².